The van der Waals surface area contributed by atoms with Gasteiger partial charge < -0.3 is 0 Å². The molecule has 1 aromatic heterocycles. The van der Waals surface area contributed by atoms with Crippen LogP contribution in [0.5, 0.6) is 0 Å². The number of aromatic nitrogens is 1. The standard InChI is InChI=1S/C13H15NS/c1-4-11-6-5-7-12(8-11)13-9(2)14-10(3)15-13/h5-8H,4H2,1-3H3. The van der Waals surface area contributed by atoms with E-state index < -0.39 is 0 Å². The predicted octanol–water partition coefficient (Wildman–Crippen LogP) is 3.99. The summed E-state index contributed by atoms with van der Waals surface area (Å²) in [6, 6.07) is 8.73. The highest BCUT2D eigenvalue weighted by molar-refractivity contribution is 7.15. The van der Waals surface area contributed by atoms with Gasteiger partial charge in [-0.15, -0.1) is 11.3 Å². The Balaban J connectivity index is 2.49. The Hall–Kier alpha value is -1.15. The highest BCUT2D eigenvalue weighted by Gasteiger charge is 2.07. The van der Waals surface area contributed by atoms with Crippen molar-refractivity contribution < 1.29 is 0 Å². The number of thiazole rings is 1. The van der Waals surface area contributed by atoms with Crippen molar-refractivity contribution in [3.05, 3.63) is 40.5 Å². The lowest BCUT2D eigenvalue weighted by Gasteiger charge is -2.01. The van der Waals surface area contributed by atoms with E-state index in [0.29, 0.717) is 0 Å². The largest absolute Gasteiger partial charge is 0.246 e. The summed E-state index contributed by atoms with van der Waals surface area (Å²) in [5, 5.41) is 1.14. The lowest BCUT2D eigenvalue weighted by atomic mass is 10.1. The van der Waals surface area contributed by atoms with Gasteiger partial charge in [0.1, 0.15) is 0 Å². The minimum atomic E-state index is 1.09. The van der Waals surface area contributed by atoms with Gasteiger partial charge in [0.15, 0.2) is 0 Å². The Morgan fingerprint density at radius 1 is 1.27 bits per heavy atom. The first-order valence-corrected chi connectivity index (χ1v) is 6.05. The van der Waals surface area contributed by atoms with Crippen LogP contribution in [0, 0.1) is 13.8 Å². The minimum Gasteiger partial charge on any atom is -0.246 e. The highest BCUT2D eigenvalue weighted by Crippen LogP contribution is 2.30. The first kappa shape index (κ1) is 10.4. The van der Waals surface area contributed by atoms with E-state index in [2.05, 4.69) is 50.0 Å². The van der Waals surface area contributed by atoms with E-state index in [1.807, 2.05) is 0 Å². The molecule has 0 aliphatic carbocycles. The summed E-state index contributed by atoms with van der Waals surface area (Å²) in [5.41, 5.74) is 3.83. The molecule has 0 aliphatic heterocycles. The maximum Gasteiger partial charge on any atom is 0.0903 e. The highest BCUT2D eigenvalue weighted by atomic mass is 32.1. The van der Waals surface area contributed by atoms with Gasteiger partial charge in [0.25, 0.3) is 0 Å². The normalized spacial score (nSPS) is 10.6. The molecule has 0 N–H and O–H groups in total. The van der Waals surface area contributed by atoms with Crippen molar-refractivity contribution in [1.29, 1.82) is 0 Å². The van der Waals surface area contributed by atoms with E-state index >= 15 is 0 Å². The van der Waals surface area contributed by atoms with E-state index in [1.165, 1.54) is 16.0 Å². The van der Waals surface area contributed by atoms with Gasteiger partial charge >= 0.3 is 0 Å². The van der Waals surface area contributed by atoms with Gasteiger partial charge in [-0.2, -0.15) is 0 Å². The third kappa shape index (κ3) is 2.10. The van der Waals surface area contributed by atoms with Gasteiger partial charge in [0, 0.05) is 0 Å². The third-order valence-electron chi connectivity index (χ3n) is 2.50. The molecular formula is C13H15NS. The van der Waals surface area contributed by atoms with Gasteiger partial charge in [-0.05, 0) is 31.4 Å². The zero-order chi connectivity index (χ0) is 10.8. The van der Waals surface area contributed by atoms with Crippen LogP contribution in [0.15, 0.2) is 24.3 Å². The van der Waals surface area contributed by atoms with Crippen molar-refractivity contribution >= 4 is 11.3 Å². The summed E-state index contributed by atoms with van der Waals surface area (Å²) in [6.45, 7) is 6.33. The quantitative estimate of drug-likeness (QED) is 0.741. The smallest absolute Gasteiger partial charge is 0.0903 e. The van der Waals surface area contributed by atoms with Crippen molar-refractivity contribution in [2.45, 2.75) is 27.2 Å². The van der Waals surface area contributed by atoms with Crippen molar-refractivity contribution in [1.82, 2.24) is 4.98 Å². The van der Waals surface area contributed by atoms with Crippen LogP contribution < -0.4 is 0 Å². The fourth-order valence-corrected chi connectivity index (χ4v) is 2.65. The van der Waals surface area contributed by atoms with Crippen LogP contribution in [0.25, 0.3) is 10.4 Å². The molecule has 1 aromatic carbocycles. The fourth-order valence-electron chi connectivity index (χ4n) is 1.73. The van der Waals surface area contributed by atoms with Gasteiger partial charge in [-0.1, -0.05) is 31.2 Å². The Labute approximate surface area is 94.8 Å². The minimum absolute atomic E-state index is 1.09. The third-order valence-corrected chi connectivity index (χ3v) is 3.62. The van der Waals surface area contributed by atoms with Crippen LogP contribution in [0.1, 0.15) is 23.2 Å². The number of nitrogens with zero attached hydrogens (tertiary/aromatic N) is 1. The molecule has 0 bridgehead atoms. The lowest BCUT2D eigenvalue weighted by molar-refractivity contribution is 1.14. The molecule has 15 heavy (non-hydrogen) atoms. The average Bonchev–Trinajstić information content (AvgIpc) is 2.58. The molecule has 0 unspecified atom stereocenters. The zero-order valence-electron chi connectivity index (χ0n) is 9.37. The number of benzene rings is 1. The Morgan fingerprint density at radius 3 is 2.67 bits per heavy atom. The second kappa shape index (κ2) is 4.15. The van der Waals surface area contributed by atoms with Crippen LogP contribution in [0.3, 0.4) is 0 Å². The molecule has 1 heterocycles. The molecule has 0 amide bonds. The maximum atomic E-state index is 4.46. The molecule has 0 saturated carbocycles. The second-order valence-electron chi connectivity index (χ2n) is 3.70. The molecule has 0 radical (unpaired) electrons. The number of aryl methyl sites for hydroxylation is 3. The molecule has 2 heteroatoms. The molecular weight excluding hydrogens is 202 g/mol. The summed E-state index contributed by atoms with van der Waals surface area (Å²) in [6.07, 6.45) is 1.09. The molecule has 78 valence electrons. The van der Waals surface area contributed by atoms with Crippen LogP contribution in [0.4, 0.5) is 0 Å². The Kier molecular flexibility index (Phi) is 2.87. The SMILES string of the molecule is CCc1cccc(-c2sc(C)nc2C)c1. The van der Waals surface area contributed by atoms with E-state index in [0.717, 1.165) is 17.1 Å². The average molecular weight is 217 g/mol. The topological polar surface area (TPSA) is 12.9 Å². The fraction of sp³-hybridized carbons (Fsp3) is 0.308. The van der Waals surface area contributed by atoms with E-state index in [4.69, 9.17) is 0 Å². The molecule has 2 aromatic rings. The van der Waals surface area contributed by atoms with Crippen LogP contribution >= 0.6 is 11.3 Å². The summed E-state index contributed by atoms with van der Waals surface area (Å²) in [7, 11) is 0. The predicted molar refractivity (Wildman–Crippen MR) is 66.4 cm³/mol. The zero-order valence-corrected chi connectivity index (χ0v) is 10.2. The second-order valence-corrected chi connectivity index (χ2v) is 4.90. The molecule has 1 nitrogen and oxygen atoms in total. The maximum absolute atomic E-state index is 4.46. The molecule has 0 atom stereocenters. The summed E-state index contributed by atoms with van der Waals surface area (Å²) in [4.78, 5) is 5.77. The van der Waals surface area contributed by atoms with E-state index in [-0.39, 0.29) is 0 Å². The first-order valence-electron chi connectivity index (χ1n) is 5.24. The molecule has 0 saturated heterocycles. The molecule has 0 aliphatic rings. The van der Waals surface area contributed by atoms with Crippen molar-refractivity contribution in [2.75, 3.05) is 0 Å². The van der Waals surface area contributed by atoms with Gasteiger partial charge in [-0.25, -0.2) is 4.98 Å². The number of hydrogen-bond donors (Lipinski definition) is 0. The summed E-state index contributed by atoms with van der Waals surface area (Å²) >= 11 is 1.78. The van der Waals surface area contributed by atoms with E-state index in [1.54, 1.807) is 11.3 Å². The van der Waals surface area contributed by atoms with Crippen LogP contribution in [-0.4, -0.2) is 4.98 Å². The Bertz CT molecular complexity index is 471. The van der Waals surface area contributed by atoms with Gasteiger partial charge in [0.2, 0.25) is 0 Å². The summed E-state index contributed by atoms with van der Waals surface area (Å²) in [5.74, 6) is 0. The van der Waals surface area contributed by atoms with Crippen LogP contribution in [-0.2, 0) is 6.42 Å². The monoisotopic (exact) mass is 217 g/mol. The van der Waals surface area contributed by atoms with E-state index in [9.17, 15) is 0 Å². The number of hydrogen-bond acceptors (Lipinski definition) is 2. The number of rotatable bonds is 2. The van der Waals surface area contributed by atoms with Crippen molar-refractivity contribution in [3.63, 3.8) is 0 Å². The van der Waals surface area contributed by atoms with Crippen molar-refractivity contribution in [2.24, 2.45) is 0 Å². The first-order chi connectivity index (χ1) is 7.20. The van der Waals surface area contributed by atoms with Gasteiger partial charge in [-0.3, -0.25) is 0 Å². The van der Waals surface area contributed by atoms with Gasteiger partial charge in [0.05, 0.1) is 15.6 Å². The molecule has 2 rings (SSSR count). The molecule has 0 spiro atoms. The van der Waals surface area contributed by atoms with Crippen molar-refractivity contribution in [3.8, 4) is 10.4 Å². The lowest BCUT2D eigenvalue weighted by Crippen LogP contribution is -1.82. The van der Waals surface area contributed by atoms with Crippen LogP contribution in [0.2, 0.25) is 0 Å². The Morgan fingerprint density at radius 2 is 2.07 bits per heavy atom. The molecule has 0 fully saturated rings. The summed E-state index contributed by atoms with van der Waals surface area (Å²) < 4.78 is 0.